The fourth-order valence-electron chi connectivity index (χ4n) is 1.90. The average Bonchev–Trinajstić information content (AvgIpc) is 2.80. The van der Waals surface area contributed by atoms with Gasteiger partial charge in [0.1, 0.15) is 5.82 Å². The fourth-order valence-corrected chi connectivity index (χ4v) is 3.39. The van der Waals surface area contributed by atoms with Crippen molar-refractivity contribution in [1.29, 1.82) is 0 Å². The van der Waals surface area contributed by atoms with Crippen molar-refractivity contribution >= 4 is 22.7 Å². The molecule has 0 radical (unpaired) electrons. The lowest BCUT2D eigenvalue weighted by Crippen LogP contribution is -2.29. The van der Waals surface area contributed by atoms with Crippen molar-refractivity contribution in [2.45, 2.75) is 36.5 Å². The van der Waals surface area contributed by atoms with E-state index in [1.54, 1.807) is 11.5 Å². The van der Waals surface area contributed by atoms with E-state index in [0.717, 1.165) is 12.1 Å². The van der Waals surface area contributed by atoms with Crippen molar-refractivity contribution < 1.29 is 12.8 Å². The third-order valence-electron chi connectivity index (χ3n) is 2.92. The van der Waals surface area contributed by atoms with Crippen molar-refractivity contribution in [3.63, 3.8) is 0 Å². The first-order chi connectivity index (χ1) is 9.85. The van der Waals surface area contributed by atoms with Crippen LogP contribution in [0.25, 0.3) is 0 Å². The number of halogens is 1. The van der Waals surface area contributed by atoms with Gasteiger partial charge in [-0.1, -0.05) is 0 Å². The maximum atomic E-state index is 12.9. The maximum absolute atomic E-state index is 12.9. The molecule has 9 heteroatoms. The SMILES string of the molecule is CCn1c(S)nnc1[C@@H](C)NS(=O)(=O)c1ccc(F)cc1. The molecule has 114 valence electrons. The van der Waals surface area contributed by atoms with Gasteiger partial charge in [-0.3, -0.25) is 0 Å². The van der Waals surface area contributed by atoms with Gasteiger partial charge < -0.3 is 4.57 Å². The maximum Gasteiger partial charge on any atom is 0.241 e. The Hall–Kier alpha value is -1.45. The second-order valence-electron chi connectivity index (χ2n) is 4.40. The van der Waals surface area contributed by atoms with Gasteiger partial charge in [0.25, 0.3) is 0 Å². The van der Waals surface area contributed by atoms with E-state index in [1.807, 2.05) is 6.92 Å². The summed E-state index contributed by atoms with van der Waals surface area (Å²) in [6.07, 6.45) is 0. The van der Waals surface area contributed by atoms with Crippen molar-refractivity contribution in [2.75, 3.05) is 0 Å². The zero-order valence-corrected chi connectivity index (χ0v) is 13.2. The van der Waals surface area contributed by atoms with Crippen LogP contribution < -0.4 is 4.72 Å². The van der Waals surface area contributed by atoms with Crippen LogP contribution in [0.15, 0.2) is 34.3 Å². The highest BCUT2D eigenvalue weighted by Gasteiger charge is 2.22. The van der Waals surface area contributed by atoms with E-state index in [4.69, 9.17) is 0 Å². The van der Waals surface area contributed by atoms with Gasteiger partial charge in [-0.2, -0.15) is 0 Å². The van der Waals surface area contributed by atoms with Crippen molar-refractivity contribution in [2.24, 2.45) is 0 Å². The second-order valence-corrected chi connectivity index (χ2v) is 6.51. The summed E-state index contributed by atoms with van der Waals surface area (Å²) in [4.78, 5) is -0.00980. The number of hydrogen-bond acceptors (Lipinski definition) is 5. The smallest absolute Gasteiger partial charge is 0.241 e. The van der Waals surface area contributed by atoms with Gasteiger partial charge in [0.15, 0.2) is 11.0 Å². The fraction of sp³-hybridized carbons (Fsp3) is 0.333. The molecule has 0 fully saturated rings. The predicted molar refractivity (Wildman–Crippen MR) is 78.1 cm³/mol. The minimum absolute atomic E-state index is 0.00980. The first-order valence-electron chi connectivity index (χ1n) is 6.25. The van der Waals surface area contributed by atoms with Crippen LogP contribution in [0, 0.1) is 5.82 Å². The Kier molecular flexibility index (Phi) is 4.64. The van der Waals surface area contributed by atoms with Gasteiger partial charge >= 0.3 is 0 Å². The van der Waals surface area contributed by atoms with Crippen LogP contribution in [0.3, 0.4) is 0 Å². The van der Waals surface area contributed by atoms with E-state index in [9.17, 15) is 12.8 Å². The Morgan fingerprint density at radius 3 is 2.52 bits per heavy atom. The lowest BCUT2D eigenvalue weighted by atomic mass is 10.3. The first-order valence-corrected chi connectivity index (χ1v) is 8.18. The highest BCUT2D eigenvalue weighted by Crippen LogP contribution is 2.18. The van der Waals surface area contributed by atoms with Crippen LogP contribution in [0.1, 0.15) is 25.7 Å². The molecular weight excluding hydrogens is 315 g/mol. The third-order valence-corrected chi connectivity index (χ3v) is 4.81. The van der Waals surface area contributed by atoms with Gasteiger partial charge in [0.05, 0.1) is 10.9 Å². The van der Waals surface area contributed by atoms with Crippen molar-refractivity contribution in [3.05, 3.63) is 35.9 Å². The zero-order valence-electron chi connectivity index (χ0n) is 11.5. The molecule has 1 heterocycles. The molecule has 0 amide bonds. The van der Waals surface area contributed by atoms with Gasteiger partial charge in [-0.05, 0) is 38.1 Å². The number of nitrogens with zero attached hydrogens (tertiary/aromatic N) is 3. The Bertz CT molecular complexity index is 728. The number of sulfonamides is 1. The molecule has 0 saturated heterocycles. The molecule has 21 heavy (non-hydrogen) atoms. The van der Waals surface area contributed by atoms with E-state index in [0.29, 0.717) is 17.5 Å². The summed E-state index contributed by atoms with van der Waals surface area (Å²) in [5.41, 5.74) is 0. The second kappa shape index (κ2) is 6.12. The van der Waals surface area contributed by atoms with Crippen LogP contribution in [0.5, 0.6) is 0 Å². The molecule has 0 bridgehead atoms. The number of rotatable bonds is 5. The topological polar surface area (TPSA) is 76.9 Å². The van der Waals surface area contributed by atoms with Gasteiger partial charge in [0, 0.05) is 6.54 Å². The number of hydrogen-bond donors (Lipinski definition) is 2. The van der Waals surface area contributed by atoms with E-state index in [2.05, 4.69) is 27.5 Å². The molecule has 2 aromatic rings. The van der Waals surface area contributed by atoms with E-state index in [1.165, 1.54) is 12.1 Å². The molecule has 6 nitrogen and oxygen atoms in total. The van der Waals surface area contributed by atoms with Gasteiger partial charge in [-0.25, -0.2) is 17.5 Å². The lowest BCUT2D eigenvalue weighted by molar-refractivity contribution is 0.539. The first kappa shape index (κ1) is 15.9. The highest BCUT2D eigenvalue weighted by atomic mass is 32.2. The molecule has 1 N–H and O–H groups in total. The van der Waals surface area contributed by atoms with Crippen molar-refractivity contribution in [3.8, 4) is 0 Å². The molecule has 0 unspecified atom stereocenters. The predicted octanol–water partition coefficient (Wildman–Crippen LogP) is 1.77. The van der Waals surface area contributed by atoms with E-state index in [-0.39, 0.29) is 4.90 Å². The summed E-state index contributed by atoms with van der Waals surface area (Å²) in [5.74, 6) is -0.0272. The summed E-state index contributed by atoms with van der Waals surface area (Å²) < 4.78 is 41.5. The summed E-state index contributed by atoms with van der Waals surface area (Å²) in [5, 5.41) is 8.16. The summed E-state index contributed by atoms with van der Waals surface area (Å²) >= 11 is 4.16. The van der Waals surface area contributed by atoms with Crippen molar-refractivity contribution in [1.82, 2.24) is 19.5 Å². The summed E-state index contributed by atoms with van der Waals surface area (Å²) in [7, 11) is -3.76. The summed E-state index contributed by atoms with van der Waals surface area (Å²) in [6.45, 7) is 4.11. The molecule has 0 spiro atoms. The Morgan fingerprint density at radius 2 is 1.95 bits per heavy atom. The lowest BCUT2D eigenvalue weighted by Gasteiger charge is -2.14. The Balaban J connectivity index is 2.25. The number of thiol groups is 1. The molecule has 1 aromatic carbocycles. The quantitative estimate of drug-likeness (QED) is 0.819. The van der Waals surface area contributed by atoms with Crippen LogP contribution >= 0.6 is 12.6 Å². The van der Waals surface area contributed by atoms with Crippen LogP contribution in [-0.2, 0) is 16.6 Å². The molecule has 0 aliphatic rings. The minimum atomic E-state index is -3.76. The summed E-state index contributed by atoms with van der Waals surface area (Å²) in [6, 6.07) is 4.02. The highest BCUT2D eigenvalue weighted by molar-refractivity contribution is 7.89. The van der Waals surface area contributed by atoms with Gasteiger partial charge in [-0.15, -0.1) is 22.8 Å². The average molecular weight is 330 g/mol. The Labute approximate surface area is 127 Å². The monoisotopic (exact) mass is 330 g/mol. The largest absolute Gasteiger partial charge is 0.305 e. The number of benzene rings is 1. The molecule has 0 saturated carbocycles. The van der Waals surface area contributed by atoms with Gasteiger partial charge in [0.2, 0.25) is 10.0 Å². The minimum Gasteiger partial charge on any atom is -0.305 e. The number of aromatic nitrogens is 3. The van der Waals surface area contributed by atoms with Crippen LogP contribution in [0.4, 0.5) is 4.39 Å². The van der Waals surface area contributed by atoms with Crippen LogP contribution in [-0.4, -0.2) is 23.2 Å². The molecular formula is C12H15FN4O2S2. The number of nitrogens with one attached hydrogen (secondary N) is 1. The third kappa shape index (κ3) is 3.42. The molecule has 2 rings (SSSR count). The molecule has 1 aromatic heterocycles. The Morgan fingerprint density at radius 1 is 1.33 bits per heavy atom. The molecule has 1 atom stereocenters. The van der Waals surface area contributed by atoms with Crippen LogP contribution in [0.2, 0.25) is 0 Å². The zero-order chi connectivity index (χ0) is 15.6. The molecule has 0 aliphatic carbocycles. The van der Waals surface area contributed by atoms with E-state index < -0.39 is 21.9 Å². The standard InChI is InChI=1S/C12H15FN4O2S2/c1-3-17-11(14-15-12(17)20)8(2)16-21(18,19)10-6-4-9(13)5-7-10/h4-8,16H,3H2,1-2H3,(H,15,20)/t8-/m1/s1. The van der Waals surface area contributed by atoms with E-state index >= 15 is 0 Å². The molecule has 0 aliphatic heterocycles. The normalized spacial score (nSPS) is 13.3.